The van der Waals surface area contributed by atoms with E-state index in [9.17, 15) is 0 Å². The Kier molecular flexibility index (Phi) is 4.59. The molecule has 0 bridgehead atoms. The fourth-order valence-electron chi connectivity index (χ4n) is 2.38. The van der Waals surface area contributed by atoms with Gasteiger partial charge in [-0.3, -0.25) is 0 Å². The molecule has 0 aliphatic carbocycles. The molecule has 0 saturated carbocycles. The van der Waals surface area contributed by atoms with Gasteiger partial charge < -0.3 is 20.3 Å². The van der Waals surface area contributed by atoms with Crippen molar-refractivity contribution in [3.05, 3.63) is 35.7 Å². The van der Waals surface area contributed by atoms with Crippen molar-refractivity contribution in [3.8, 4) is 11.4 Å². The van der Waals surface area contributed by atoms with E-state index in [0.717, 1.165) is 37.1 Å². The van der Waals surface area contributed by atoms with Crippen molar-refractivity contribution in [2.24, 2.45) is 5.73 Å². The molecule has 3 N–H and O–H groups in total. The van der Waals surface area contributed by atoms with Crippen molar-refractivity contribution < 1.29 is 9.26 Å². The predicted molar refractivity (Wildman–Crippen MR) is 78.3 cm³/mol. The summed E-state index contributed by atoms with van der Waals surface area (Å²) >= 11 is 0. The number of nitrogens with one attached hydrogen (secondary N) is 1. The molecule has 1 unspecified atom stereocenters. The maximum Gasteiger partial charge on any atom is 0.240 e. The predicted octanol–water partition coefficient (Wildman–Crippen LogP) is 1.46. The van der Waals surface area contributed by atoms with Gasteiger partial charge in [-0.05, 0) is 18.4 Å². The summed E-state index contributed by atoms with van der Waals surface area (Å²) in [6.07, 6.45) is 2.59. The van der Waals surface area contributed by atoms with Crippen LogP contribution in [0.25, 0.3) is 11.4 Å². The topological polar surface area (TPSA) is 86.2 Å². The Morgan fingerprint density at radius 2 is 2.14 bits per heavy atom. The van der Waals surface area contributed by atoms with E-state index >= 15 is 0 Å². The Labute approximate surface area is 123 Å². The van der Waals surface area contributed by atoms with Crippen LogP contribution in [0.15, 0.2) is 28.8 Å². The Hall–Kier alpha value is -1.76. The van der Waals surface area contributed by atoms with Crippen molar-refractivity contribution in [3.63, 3.8) is 0 Å². The average molecular weight is 288 g/mol. The normalized spacial score (nSPS) is 18.2. The SMILES string of the molecule is NCc1ccc(-c2noc(CNCC3CCCO3)n2)cc1. The largest absolute Gasteiger partial charge is 0.377 e. The first kappa shape index (κ1) is 14.2. The van der Waals surface area contributed by atoms with Gasteiger partial charge in [0.05, 0.1) is 12.6 Å². The van der Waals surface area contributed by atoms with E-state index in [1.54, 1.807) is 0 Å². The standard InChI is InChI=1S/C15H20N4O2/c16-8-11-3-5-12(6-4-11)15-18-14(21-19-15)10-17-9-13-2-1-7-20-13/h3-6,13,17H,1-2,7-10,16H2. The van der Waals surface area contributed by atoms with Gasteiger partial charge in [0.1, 0.15) is 0 Å². The first-order chi connectivity index (χ1) is 10.3. The molecule has 1 aliphatic heterocycles. The zero-order valence-corrected chi connectivity index (χ0v) is 11.9. The van der Waals surface area contributed by atoms with Crippen molar-refractivity contribution in [1.82, 2.24) is 15.5 Å². The molecule has 2 aromatic rings. The van der Waals surface area contributed by atoms with Crippen molar-refractivity contribution in [2.45, 2.75) is 32.0 Å². The lowest BCUT2D eigenvalue weighted by Crippen LogP contribution is -2.25. The molecule has 3 rings (SSSR count). The van der Waals surface area contributed by atoms with E-state index in [4.69, 9.17) is 15.0 Å². The van der Waals surface area contributed by atoms with Gasteiger partial charge in [0.25, 0.3) is 0 Å². The molecule has 1 saturated heterocycles. The minimum Gasteiger partial charge on any atom is -0.377 e. The summed E-state index contributed by atoms with van der Waals surface area (Å²) in [6, 6.07) is 7.86. The summed E-state index contributed by atoms with van der Waals surface area (Å²) in [7, 11) is 0. The summed E-state index contributed by atoms with van der Waals surface area (Å²) in [5.74, 6) is 1.19. The van der Waals surface area contributed by atoms with Crippen molar-refractivity contribution in [2.75, 3.05) is 13.2 Å². The van der Waals surface area contributed by atoms with Crippen LogP contribution in [0.1, 0.15) is 24.3 Å². The van der Waals surface area contributed by atoms with E-state index in [-0.39, 0.29) is 0 Å². The Morgan fingerprint density at radius 1 is 1.29 bits per heavy atom. The molecule has 6 nitrogen and oxygen atoms in total. The molecule has 6 heteroatoms. The van der Waals surface area contributed by atoms with Crippen LogP contribution >= 0.6 is 0 Å². The number of hydrogen-bond donors (Lipinski definition) is 2. The minimum atomic E-state index is 0.316. The molecule has 1 aliphatic rings. The smallest absolute Gasteiger partial charge is 0.240 e. The summed E-state index contributed by atoms with van der Waals surface area (Å²) in [5, 5.41) is 7.29. The number of nitrogens with zero attached hydrogens (tertiary/aromatic N) is 2. The second kappa shape index (κ2) is 6.80. The van der Waals surface area contributed by atoms with Gasteiger partial charge in [0.15, 0.2) is 0 Å². The van der Waals surface area contributed by atoms with Crippen LogP contribution in [0.4, 0.5) is 0 Å². The number of hydrogen-bond acceptors (Lipinski definition) is 6. The molecule has 21 heavy (non-hydrogen) atoms. The maximum absolute atomic E-state index is 5.58. The van der Waals surface area contributed by atoms with Crippen LogP contribution < -0.4 is 11.1 Å². The maximum atomic E-state index is 5.58. The van der Waals surface area contributed by atoms with Gasteiger partial charge in [-0.15, -0.1) is 0 Å². The van der Waals surface area contributed by atoms with Gasteiger partial charge in [-0.25, -0.2) is 0 Å². The summed E-state index contributed by atoms with van der Waals surface area (Å²) < 4.78 is 10.8. The monoisotopic (exact) mass is 288 g/mol. The van der Waals surface area contributed by atoms with Gasteiger partial charge in [-0.2, -0.15) is 4.98 Å². The average Bonchev–Trinajstić information content (AvgIpc) is 3.19. The fraction of sp³-hybridized carbons (Fsp3) is 0.467. The van der Waals surface area contributed by atoms with E-state index in [2.05, 4.69) is 15.5 Å². The van der Waals surface area contributed by atoms with Crippen molar-refractivity contribution >= 4 is 0 Å². The van der Waals surface area contributed by atoms with Gasteiger partial charge in [0.2, 0.25) is 11.7 Å². The fourth-order valence-corrected chi connectivity index (χ4v) is 2.38. The number of aromatic nitrogens is 2. The van der Waals surface area contributed by atoms with Crippen LogP contribution in [0.2, 0.25) is 0 Å². The van der Waals surface area contributed by atoms with E-state index in [0.29, 0.717) is 30.9 Å². The molecular formula is C15H20N4O2. The molecule has 2 heterocycles. The van der Waals surface area contributed by atoms with Gasteiger partial charge in [-0.1, -0.05) is 29.4 Å². The third-order valence-corrected chi connectivity index (χ3v) is 3.59. The minimum absolute atomic E-state index is 0.316. The Bertz CT molecular complexity index is 561. The zero-order chi connectivity index (χ0) is 14.5. The van der Waals surface area contributed by atoms with Crippen LogP contribution in [0, 0.1) is 0 Å². The number of benzene rings is 1. The Balaban J connectivity index is 1.54. The highest BCUT2D eigenvalue weighted by Gasteiger charge is 2.15. The van der Waals surface area contributed by atoms with Gasteiger partial charge >= 0.3 is 0 Å². The number of ether oxygens (including phenoxy) is 1. The second-order valence-electron chi connectivity index (χ2n) is 5.18. The molecule has 1 fully saturated rings. The molecule has 112 valence electrons. The van der Waals surface area contributed by atoms with Gasteiger partial charge in [0, 0.05) is 25.3 Å². The van der Waals surface area contributed by atoms with E-state index < -0.39 is 0 Å². The highest BCUT2D eigenvalue weighted by Crippen LogP contribution is 2.16. The molecule has 1 atom stereocenters. The lowest BCUT2D eigenvalue weighted by molar-refractivity contribution is 0.109. The van der Waals surface area contributed by atoms with Crippen LogP contribution in [0.5, 0.6) is 0 Å². The van der Waals surface area contributed by atoms with E-state index in [1.807, 2.05) is 24.3 Å². The molecule has 1 aromatic heterocycles. The third-order valence-electron chi connectivity index (χ3n) is 3.59. The summed E-state index contributed by atoms with van der Waals surface area (Å²) in [5.41, 5.74) is 7.60. The highest BCUT2D eigenvalue weighted by atomic mass is 16.5. The third kappa shape index (κ3) is 3.66. The molecule has 1 aromatic carbocycles. The second-order valence-corrected chi connectivity index (χ2v) is 5.18. The molecule has 0 amide bonds. The summed E-state index contributed by atoms with van der Waals surface area (Å²) in [4.78, 5) is 4.39. The number of rotatable bonds is 6. The molecular weight excluding hydrogens is 268 g/mol. The molecule has 0 spiro atoms. The van der Waals surface area contributed by atoms with Crippen LogP contribution in [-0.4, -0.2) is 29.4 Å². The summed E-state index contributed by atoms with van der Waals surface area (Å²) in [6.45, 7) is 2.79. The van der Waals surface area contributed by atoms with Crippen LogP contribution in [0.3, 0.4) is 0 Å². The Morgan fingerprint density at radius 3 is 2.86 bits per heavy atom. The molecule has 0 radical (unpaired) electrons. The lowest BCUT2D eigenvalue weighted by atomic mass is 10.1. The van der Waals surface area contributed by atoms with Crippen molar-refractivity contribution in [1.29, 1.82) is 0 Å². The zero-order valence-electron chi connectivity index (χ0n) is 11.9. The first-order valence-electron chi connectivity index (χ1n) is 7.29. The quantitative estimate of drug-likeness (QED) is 0.837. The van der Waals surface area contributed by atoms with E-state index in [1.165, 1.54) is 0 Å². The number of nitrogens with two attached hydrogens (primary N) is 1. The highest BCUT2D eigenvalue weighted by molar-refractivity contribution is 5.54. The first-order valence-corrected chi connectivity index (χ1v) is 7.29. The lowest BCUT2D eigenvalue weighted by Gasteiger charge is -2.08. The van der Waals surface area contributed by atoms with Crippen LogP contribution in [-0.2, 0) is 17.8 Å².